The van der Waals surface area contributed by atoms with Crippen LogP contribution >= 0.6 is 0 Å². The molecular weight excluding hydrogens is 368 g/mol. The maximum Gasteiger partial charge on any atom is 0.408 e. The van der Waals surface area contributed by atoms with Gasteiger partial charge in [0, 0.05) is 0 Å². The molecule has 1 atom stereocenters. The van der Waals surface area contributed by atoms with Crippen molar-refractivity contribution in [2.45, 2.75) is 39.3 Å². The Morgan fingerprint density at radius 1 is 1.18 bits per heavy atom. The van der Waals surface area contributed by atoms with Gasteiger partial charge in [-0.25, -0.2) is 4.79 Å². The number of alkyl carbamates (subject to hydrolysis) is 1. The highest BCUT2D eigenvalue weighted by Gasteiger charge is 2.26. The van der Waals surface area contributed by atoms with E-state index >= 15 is 0 Å². The second-order valence-electron chi connectivity index (χ2n) is 6.83. The van der Waals surface area contributed by atoms with Crippen LogP contribution in [0.4, 0.5) is 10.5 Å². The molecule has 1 aromatic heterocycles. The fourth-order valence-electron chi connectivity index (χ4n) is 2.23. The first-order chi connectivity index (χ1) is 13.1. The van der Waals surface area contributed by atoms with Crippen molar-refractivity contribution < 1.29 is 23.9 Å². The molecule has 2 aromatic rings. The van der Waals surface area contributed by atoms with Crippen molar-refractivity contribution in [2.75, 3.05) is 7.11 Å². The summed E-state index contributed by atoms with van der Waals surface area (Å²) in [5.74, 6) is -0.0941. The van der Waals surface area contributed by atoms with Gasteiger partial charge in [-0.3, -0.25) is 10.1 Å². The third-order valence-electron chi connectivity index (χ3n) is 3.46. The standard InChI is InChI=1S/C18H22N4O6/c1-11(21-17(23)28-18(2,3)4)12-6-8-13(9-7-12)27-16-14(22(24)25)15(26-5)19-10-20-16/h6-11H,1-5H3,(H,21,23). The molecule has 1 N–H and O–H groups in total. The summed E-state index contributed by atoms with van der Waals surface area (Å²) in [5.41, 5.74) is -0.253. The summed E-state index contributed by atoms with van der Waals surface area (Å²) in [6.45, 7) is 7.15. The first-order valence-electron chi connectivity index (χ1n) is 8.41. The molecule has 0 bridgehead atoms. The lowest BCUT2D eigenvalue weighted by molar-refractivity contribution is -0.387. The molecule has 0 aliphatic heterocycles. The number of hydrogen-bond donors (Lipinski definition) is 1. The number of aromatic nitrogens is 2. The minimum Gasteiger partial charge on any atom is -0.476 e. The van der Waals surface area contributed by atoms with Crippen LogP contribution in [0.3, 0.4) is 0 Å². The van der Waals surface area contributed by atoms with Crippen molar-refractivity contribution in [3.05, 3.63) is 46.3 Å². The predicted molar refractivity (Wildman–Crippen MR) is 99.5 cm³/mol. The van der Waals surface area contributed by atoms with Crippen LogP contribution in [0.5, 0.6) is 17.5 Å². The smallest absolute Gasteiger partial charge is 0.408 e. The van der Waals surface area contributed by atoms with E-state index in [2.05, 4.69) is 15.3 Å². The number of nitrogens with zero attached hydrogens (tertiary/aromatic N) is 3. The lowest BCUT2D eigenvalue weighted by Gasteiger charge is -2.22. The van der Waals surface area contributed by atoms with Gasteiger partial charge in [-0.2, -0.15) is 9.97 Å². The lowest BCUT2D eigenvalue weighted by Crippen LogP contribution is -2.34. The van der Waals surface area contributed by atoms with Gasteiger partial charge in [0.2, 0.25) is 0 Å². The second kappa shape index (κ2) is 8.51. The Kier molecular flexibility index (Phi) is 6.34. The van der Waals surface area contributed by atoms with Gasteiger partial charge in [-0.15, -0.1) is 0 Å². The number of nitrogens with one attached hydrogen (secondary N) is 1. The molecule has 150 valence electrons. The van der Waals surface area contributed by atoms with E-state index in [1.165, 1.54) is 7.11 Å². The summed E-state index contributed by atoms with van der Waals surface area (Å²) < 4.78 is 15.6. The van der Waals surface area contributed by atoms with Crippen LogP contribution in [0.25, 0.3) is 0 Å². The first kappa shape index (κ1) is 20.9. The zero-order chi connectivity index (χ0) is 20.9. The number of carbonyl (C=O) groups is 1. The number of methoxy groups -OCH3 is 1. The van der Waals surface area contributed by atoms with Crippen LogP contribution in [-0.2, 0) is 4.74 Å². The van der Waals surface area contributed by atoms with E-state index in [-0.39, 0.29) is 17.8 Å². The molecule has 1 aromatic carbocycles. The largest absolute Gasteiger partial charge is 0.476 e. The summed E-state index contributed by atoms with van der Waals surface area (Å²) in [7, 11) is 1.27. The van der Waals surface area contributed by atoms with Gasteiger partial charge in [-0.1, -0.05) is 12.1 Å². The average molecular weight is 390 g/mol. The van der Waals surface area contributed by atoms with Gasteiger partial charge in [0.1, 0.15) is 17.7 Å². The highest BCUT2D eigenvalue weighted by atomic mass is 16.6. The molecule has 2 rings (SSSR count). The summed E-state index contributed by atoms with van der Waals surface area (Å²) in [6, 6.07) is 6.36. The second-order valence-corrected chi connectivity index (χ2v) is 6.83. The van der Waals surface area contributed by atoms with E-state index < -0.39 is 22.3 Å². The topological polar surface area (TPSA) is 126 Å². The van der Waals surface area contributed by atoms with Crippen LogP contribution in [0.1, 0.15) is 39.3 Å². The molecule has 10 nitrogen and oxygen atoms in total. The van der Waals surface area contributed by atoms with E-state index in [1.807, 2.05) is 0 Å². The highest BCUT2D eigenvalue weighted by molar-refractivity contribution is 5.68. The maximum atomic E-state index is 11.9. The van der Waals surface area contributed by atoms with E-state index in [0.717, 1.165) is 11.9 Å². The molecule has 10 heteroatoms. The van der Waals surface area contributed by atoms with Crippen LogP contribution in [0.2, 0.25) is 0 Å². The number of rotatable bonds is 6. The fraction of sp³-hybridized carbons (Fsp3) is 0.389. The Balaban J connectivity index is 2.11. The summed E-state index contributed by atoms with van der Waals surface area (Å²) in [4.78, 5) is 30.0. The molecule has 0 saturated carbocycles. The first-order valence-corrected chi connectivity index (χ1v) is 8.41. The molecule has 1 heterocycles. The maximum absolute atomic E-state index is 11.9. The number of ether oxygens (including phenoxy) is 3. The molecule has 28 heavy (non-hydrogen) atoms. The van der Waals surface area contributed by atoms with Crippen molar-refractivity contribution in [3.8, 4) is 17.5 Å². The SMILES string of the molecule is COc1ncnc(Oc2ccc(C(C)NC(=O)OC(C)(C)C)cc2)c1[N+](=O)[O-]. The van der Waals surface area contributed by atoms with Gasteiger partial charge in [0.25, 0.3) is 0 Å². The Morgan fingerprint density at radius 3 is 2.32 bits per heavy atom. The number of nitro groups is 1. The van der Waals surface area contributed by atoms with Crippen molar-refractivity contribution in [2.24, 2.45) is 0 Å². The Hall–Kier alpha value is -3.43. The summed E-state index contributed by atoms with van der Waals surface area (Å²) in [5, 5.41) is 14.0. The molecule has 0 aliphatic carbocycles. The zero-order valence-corrected chi connectivity index (χ0v) is 16.3. The Morgan fingerprint density at radius 2 is 1.79 bits per heavy atom. The summed E-state index contributed by atoms with van der Waals surface area (Å²) in [6.07, 6.45) is 0.589. The number of benzene rings is 1. The van der Waals surface area contributed by atoms with Crippen molar-refractivity contribution in [1.29, 1.82) is 0 Å². The number of hydrogen-bond acceptors (Lipinski definition) is 8. The molecule has 0 aliphatic rings. The monoisotopic (exact) mass is 390 g/mol. The Labute approximate surface area is 162 Å². The van der Waals surface area contributed by atoms with Gasteiger partial charge in [0.05, 0.1) is 18.1 Å². The Bertz CT molecular complexity index is 848. The van der Waals surface area contributed by atoms with Gasteiger partial charge in [-0.05, 0) is 45.4 Å². The van der Waals surface area contributed by atoms with E-state index in [9.17, 15) is 14.9 Å². The highest BCUT2D eigenvalue weighted by Crippen LogP contribution is 2.35. The molecule has 0 radical (unpaired) electrons. The minimum absolute atomic E-state index is 0.193. The van der Waals surface area contributed by atoms with Crippen LogP contribution < -0.4 is 14.8 Å². The lowest BCUT2D eigenvalue weighted by atomic mass is 10.1. The molecule has 1 unspecified atom stereocenters. The van der Waals surface area contributed by atoms with Crippen LogP contribution in [0.15, 0.2) is 30.6 Å². The van der Waals surface area contributed by atoms with Crippen LogP contribution in [-0.4, -0.2) is 33.7 Å². The van der Waals surface area contributed by atoms with Crippen molar-refractivity contribution in [1.82, 2.24) is 15.3 Å². The minimum atomic E-state index is -0.671. The normalized spacial score (nSPS) is 12.0. The predicted octanol–water partition coefficient (Wildman–Crippen LogP) is 3.77. The van der Waals surface area contributed by atoms with E-state index in [0.29, 0.717) is 5.75 Å². The molecule has 0 spiro atoms. The van der Waals surface area contributed by atoms with Crippen LogP contribution in [0, 0.1) is 10.1 Å². The molecule has 1 amide bonds. The zero-order valence-electron chi connectivity index (χ0n) is 16.3. The number of carbonyl (C=O) groups excluding carboxylic acids is 1. The summed E-state index contributed by atoms with van der Waals surface area (Å²) >= 11 is 0. The molecular formula is C18H22N4O6. The van der Waals surface area contributed by atoms with Gasteiger partial charge < -0.3 is 19.5 Å². The quantitative estimate of drug-likeness (QED) is 0.583. The van der Waals surface area contributed by atoms with E-state index in [1.54, 1.807) is 52.0 Å². The fourth-order valence-corrected chi connectivity index (χ4v) is 2.23. The number of amides is 1. The van der Waals surface area contributed by atoms with Gasteiger partial charge >= 0.3 is 23.5 Å². The van der Waals surface area contributed by atoms with Gasteiger partial charge in [0.15, 0.2) is 0 Å². The van der Waals surface area contributed by atoms with E-state index in [4.69, 9.17) is 14.2 Å². The average Bonchev–Trinajstić information content (AvgIpc) is 2.60. The molecule has 0 fully saturated rings. The third-order valence-corrected chi connectivity index (χ3v) is 3.46. The van der Waals surface area contributed by atoms with Crippen molar-refractivity contribution >= 4 is 11.8 Å². The van der Waals surface area contributed by atoms with Crippen molar-refractivity contribution in [3.63, 3.8) is 0 Å². The molecule has 0 saturated heterocycles. The third kappa shape index (κ3) is 5.53.